The lowest BCUT2D eigenvalue weighted by Gasteiger charge is -2.29. The van der Waals surface area contributed by atoms with E-state index in [4.69, 9.17) is 29.9 Å². The molecule has 4 atom stereocenters. The third-order valence-electron chi connectivity index (χ3n) is 6.84. The van der Waals surface area contributed by atoms with Crippen LogP contribution in [-0.4, -0.2) is 118 Å². The van der Waals surface area contributed by atoms with Crippen molar-refractivity contribution in [1.29, 1.82) is 0 Å². The number of nitrogens with two attached hydrogens (primary N) is 2. The highest BCUT2D eigenvalue weighted by Crippen LogP contribution is 2.37. The van der Waals surface area contributed by atoms with Crippen LogP contribution < -0.4 is 11.5 Å². The lowest BCUT2D eigenvalue weighted by molar-refractivity contribution is -0.192. The molecule has 0 unspecified atom stereocenters. The van der Waals surface area contributed by atoms with Gasteiger partial charge in [-0.2, -0.15) is 31.7 Å². The second-order valence-electron chi connectivity index (χ2n) is 9.44. The third-order valence-corrected chi connectivity index (χ3v) is 9.17. The molecule has 0 aromatic carbocycles. The van der Waals surface area contributed by atoms with Gasteiger partial charge in [0.2, 0.25) is 0 Å². The van der Waals surface area contributed by atoms with Crippen molar-refractivity contribution in [3.8, 4) is 0 Å². The number of carboxylic acid groups (broad SMARTS) is 1. The Morgan fingerprint density at radius 3 is 1.59 bits per heavy atom. The molecule has 6 rings (SSSR count). The lowest BCUT2D eigenvalue weighted by Crippen LogP contribution is -2.45. The van der Waals surface area contributed by atoms with Crippen molar-refractivity contribution < 1.29 is 49.6 Å². The summed E-state index contributed by atoms with van der Waals surface area (Å²) in [7, 11) is -4.87. The number of rotatable bonds is 8. The number of urea groups is 2. The lowest BCUT2D eigenvalue weighted by atomic mass is 10.00. The van der Waals surface area contributed by atoms with Crippen LogP contribution in [-0.2, 0) is 23.8 Å². The first-order valence-electron chi connectivity index (χ1n) is 12.5. The van der Waals surface area contributed by atoms with Crippen molar-refractivity contribution in [2.24, 2.45) is 11.5 Å². The highest BCUT2D eigenvalue weighted by Gasteiger charge is 2.51. The minimum atomic E-state index is -5.08. The average Bonchev–Trinajstić information content (AvgIpc) is 3.77. The molecule has 6 heterocycles. The van der Waals surface area contributed by atoms with Crippen LogP contribution in [0.3, 0.4) is 0 Å². The van der Waals surface area contributed by atoms with Gasteiger partial charge in [-0.15, -0.1) is 31.2 Å². The fourth-order valence-electron chi connectivity index (χ4n) is 5.03. The Labute approximate surface area is 254 Å². The summed E-state index contributed by atoms with van der Waals surface area (Å²) in [5, 5.41) is 13.5. The zero-order chi connectivity index (χ0) is 32.0. The number of alkyl halides is 3. The molecule has 4 aliphatic heterocycles. The Hall–Kier alpha value is -3.67. The number of aliphatic carboxylic acids is 1. The van der Waals surface area contributed by atoms with Crippen molar-refractivity contribution in [3.63, 3.8) is 0 Å². The molecular weight excluding hydrogens is 657 g/mol. The van der Waals surface area contributed by atoms with E-state index in [0.717, 1.165) is 21.3 Å². The van der Waals surface area contributed by atoms with E-state index in [1.165, 1.54) is 32.5 Å². The molecule has 16 nitrogen and oxygen atoms in total. The van der Waals surface area contributed by atoms with E-state index in [-0.39, 0.29) is 26.2 Å². The van der Waals surface area contributed by atoms with E-state index >= 15 is 0 Å². The molecule has 2 saturated heterocycles. The van der Waals surface area contributed by atoms with Crippen molar-refractivity contribution in [2.75, 3.05) is 26.2 Å². The largest absolute Gasteiger partial charge is 0.490 e. The summed E-state index contributed by atoms with van der Waals surface area (Å²) in [6.07, 6.45) is 1.64. The van der Waals surface area contributed by atoms with E-state index < -0.39 is 58.8 Å². The van der Waals surface area contributed by atoms with Crippen LogP contribution >= 0.6 is 22.7 Å². The molecule has 44 heavy (non-hydrogen) atoms. The first-order valence-corrected chi connectivity index (χ1v) is 15.6. The number of fused-ring (bicyclic) bond motifs is 4. The van der Waals surface area contributed by atoms with Crippen LogP contribution in [0.2, 0.25) is 0 Å². The van der Waals surface area contributed by atoms with Gasteiger partial charge in [0.1, 0.15) is 10.0 Å². The highest BCUT2D eigenvalue weighted by molar-refractivity contribution is 7.81. The van der Waals surface area contributed by atoms with E-state index in [1.54, 1.807) is 35.3 Å². The number of amides is 4. The monoisotopic (exact) mass is 680 g/mol. The summed E-state index contributed by atoms with van der Waals surface area (Å²) in [6, 6.07) is -3.77. The quantitative estimate of drug-likeness (QED) is 0.351. The highest BCUT2D eigenvalue weighted by atomic mass is 32.3. The van der Waals surface area contributed by atoms with Gasteiger partial charge in [-0.25, -0.2) is 24.4 Å². The van der Waals surface area contributed by atoms with Gasteiger partial charge in [-0.3, -0.25) is 0 Å². The van der Waals surface area contributed by atoms with Crippen LogP contribution in [0.15, 0.2) is 35.3 Å². The zero-order valence-electron chi connectivity index (χ0n) is 22.1. The summed E-state index contributed by atoms with van der Waals surface area (Å²) in [5.41, 5.74) is 13.3. The summed E-state index contributed by atoms with van der Waals surface area (Å²) in [5.74, 6) is -2.76. The van der Waals surface area contributed by atoms with Gasteiger partial charge >= 0.3 is 34.6 Å². The molecule has 2 aromatic heterocycles. The molecule has 238 valence electrons. The molecule has 4 bridgehead atoms. The number of thiazole rings is 2. The van der Waals surface area contributed by atoms with Crippen molar-refractivity contribution in [3.05, 3.63) is 45.3 Å². The first-order chi connectivity index (χ1) is 20.8. The van der Waals surface area contributed by atoms with E-state index in [0.29, 0.717) is 10.0 Å². The van der Waals surface area contributed by atoms with Crippen molar-refractivity contribution in [2.45, 2.75) is 30.3 Å². The predicted octanol–water partition coefficient (Wildman–Crippen LogP) is 0.702. The molecule has 0 radical (unpaired) electrons. The Bertz CT molecular complexity index is 1490. The fraction of sp³-hybridized carbons (Fsp3) is 0.409. The Balaban J connectivity index is 0.000000493. The number of halogens is 3. The maximum atomic E-state index is 13.1. The maximum Gasteiger partial charge on any atom is 0.490 e. The summed E-state index contributed by atoms with van der Waals surface area (Å²) in [6.45, 7) is 0.609. The molecular formula is C22H23F3N8O8S3. The van der Waals surface area contributed by atoms with Crippen LogP contribution in [0.4, 0.5) is 22.8 Å². The van der Waals surface area contributed by atoms with Crippen LogP contribution in [0.5, 0.6) is 0 Å². The topological polar surface area (TPSA) is 215 Å². The zero-order valence-corrected chi connectivity index (χ0v) is 24.6. The Kier molecular flexibility index (Phi) is 8.67. The minimum absolute atomic E-state index is 0.122. The summed E-state index contributed by atoms with van der Waals surface area (Å²) >= 11 is 2.77. The Morgan fingerprint density at radius 1 is 0.909 bits per heavy atom. The van der Waals surface area contributed by atoms with Gasteiger partial charge in [0.15, 0.2) is 0 Å². The number of carboxylic acids is 1. The third kappa shape index (κ3) is 6.00. The van der Waals surface area contributed by atoms with Gasteiger partial charge in [0, 0.05) is 60.5 Å². The molecule has 0 spiro atoms. The number of hydroxylamine groups is 4. The molecule has 22 heteroatoms. The average molecular weight is 681 g/mol. The van der Waals surface area contributed by atoms with Crippen LogP contribution in [0, 0.1) is 0 Å². The number of carbonyl (C=O) groups is 3. The fourth-order valence-corrected chi connectivity index (χ4v) is 7.23. The molecule has 4 aliphatic rings. The van der Waals surface area contributed by atoms with Crippen LogP contribution in [0.1, 0.15) is 10.0 Å². The molecule has 0 aliphatic carbocycles. The van der Waals surface area contributed by atoms with Gasteiger partial charge in [-0.05, 0) is 12.2 Å². The molecule has 2 aromatic rings. The standard InChI is InChI=1S/C20H22N8O6S3.C2HF3O2/c21-7-15-13(17-23-1-3-35-17)5-11-9-25(15)19(29)27(11)33-37(31,32)34-28-12-6-14(18-24-2-4-36-18)16(8-22)26(10-12)20(28)30;3-2(4,5)1(6)7/h1-6,11-12,15-16H,7-10,21-22H2;(H,6,7)/t11-,12-,15-,16-;/m1./s1. The van der Waals surface area contributed by atoms with Crippen LogP contribution in [0.25, 0.3) is 11.1 Å². The van der Waals surface area contributed by atoms with Gasteiger partial charge in [0.05, 0.1) is 24.2 Å². The normalized spacial score (nSPS) is 24.8. The van der Waals surface area contributed by atoms with Crippen molar-refractivity contribution in [1.82, 2.24) is 29.9 Å². The summed E-state index contributed by atoms with van der Waals surface area (Å²) < 4.78 is 67.9. The summed E-state index contributed by atoms with van der Waals surface area (Å²) in [4.78, 5) is 46.5. The number of hydrogen-bond donors (Lipinski definition) is 3. The maximum absolute atomic E-state index is 13.1. The second-order valence-corrected chi connectivity index (χ2v) is 12.3. The first kappa shape index (κ1) is 31.7. The molecule has 0 saturated carbocycles. The number of hydrogen-bond acceptors (Lipinski definition) is 13. The van der Waals surface area contributed by atoms with E-state index in [1.807, 2.05) is 0 Å². The Morgan fingerprint density at radius 2 is 1.30 bits per heavy atom. The number of aromatic nitrogens is 2. The number of nitrogens with zero attached hydrogens (tertiary/aromatic N) is 6. The predicted molar refractivity (Wildman–Crippen MR) is 146 cm³/mol. The van der Waals surface area contributed by atoms with Gasteiger partial charge < -0.3 is 26.4 Å². The second kappa shape index (κ2) is 12.0. The number of carbonyl (C=O) groups excluding carboxylic acids is 2. The van der Waals surface area contributed by atoms with Gasteiger partial charge in [0.25, 0.3) is 0 Å². The molecule has 2 fully saturated rings. The van der Waals surface area contributed by atoms with E-state index in [9.17, 15) is 31.2 Å². The minimum Gasteiger partial charge on any atom is -0.475 e. The SMILES string of the molecule is NC[C@@H]1C(c2nccs2)=C[C@@H]2CN1C(=O)N2OS(=O)(=O)ON1C(=O)N2C[C@H]1C=C(c1nccs1)[C@H]2CN.O=C(O)C(F)(F)F. The smallest absolute Gasteiger partial charge is 0.475 e. The molecule has 4 amide bonds. The molecule has 5 N–H and O–H groups in total. The van der Waals surface area contributed by atoms with Crippen molar-refractivity contribution >= 4 is 62.3 Å². The van der Waals surface area contributed by atoms with Gasteiger partial charge in [-0.1, -0.05) is 0 Å². The van der Waals surface area contributed by atoms with E-state index in [2.05, 4.69) is 9.97 Å².